The van der Waals surface area contributed by atoms with E-state index in [2.05, 4.69) is 44.8 Å². The molecular formula is C26H28N4OS. The number of carbonyl (C=O) groups is 1. The van der Waals surface area contributed by atoms with Gasteiger partial charge in [0.05, 0.1) is 0 Å². The molecule has 4 heterocycles. The lowest BCUT2D eigenvalue weighted by Gasteiger charge is -2.51. The minimum atomic E-state index is -0.123. The largest absolute Gasteiger partial charge is 0.333 e. The molecule has 164 valence electrons. The predicted octanol–water partition coefficient (Wildman–Crippen LogP) is 5.06. The molecule has 5 nitrogen and oxygen atoms in total. The van der Waals surface area contributed by atoms with Crippen LogP contribution in [0.15, 0.2) is 88.9 Å². The summed E-state index contributed by atoms with van der Waals surface area (Å²) in [5.74, 6) is 0.535. The van der Waals surface area contributed by atoms with E-state index < -0.39 is 0 Å². The van der Waals surface area contributed by atoms with Gasteiger partial charge in [-0.05, 0) is 80.2 Å². The molecule has 2 atom stereocenters. The highest BCUT2D eigenvalue weighted by molar-refractivity contribution is 7.99. The minimum absolute atomic E-state index is 0.123. The zero-order chi connectivity index (χ0) is 21.8. The van der Waals surface area contributed by atoms with Crippen molar-refractivity contribution < 1.29 is 4.79 Å². The first-order valence-corrected chi connectivity index (χ1v) is 12.1. The van der Waals surface area contributed by atoms with Gasteiger partial charge in [-0.2, -0.15) is 0 Å². The van der Waals surface area contributed by atoms with Crippen LogP contribution in [-0.4, -0.2) is 41.1 Å². The van der Waals surface area contributed by atoms with Crippen molar-refractivity contribution in [3.8, 4) is 0 Å². The maximum Gasteiger partial charge on any atom is 0.319 e. The van der Waals surface area contributed by atoms with Crippen LogP contribution in [0.3, 0.4) is 0 Å². The summed E-state index contributed by atoms with van der Waals surface area (Å²) in [4.78, 5) is 22.1. The van der Waals surface area contributed by atoms with Gasteiger partial charge in [0.15, 0.2) is 0 Å². The van der Waals surface area contributed by atoms with Gasteiger partial charge in [0, 0.05) is 40.0 Å². The summed E-state index contributed by atoms with van der Waals surface area (Å²) in [5, 5.41) is 6.38. The lowest BCUT2D eigenvalue weighted by atomic mass is 9.77. The molecule has 3 saturated heterocycles. The molecule has 6 rings (SSSR count). The second-order valence-electron chi connectivity index (χ2n) is 8.57. The van der Waals surface area contributed by atoms with Crippen LogP contribution < -0.4 is 10.6 Å². The number of benzene rings is 2. The third-order valence-electron chi connectivity index (χ3n) is 6.50. The molecule has 0 aliphatic carbocycles. The summed E-state index contributed by atoms with van der Waals surface area (Å²) in [5.41, 5.74) is 2.04. The maximum atomic E-state index is 13.0. The Hall–Kier alpha value is -2.83. The van der Waals surface area contributed by atoms with Crippen molar-refractivity contribution in [2.45, 2.75) is 41.1 Å². The number of hydrogen-bond donors (Lipinski definition) is 2. The van der Waals surface area contributed by atoms with Gasteiger partial charge < -0.3 is 10.6 Å². The van der Waals surface area contributed by atoms with Gasteiger partial charge in [-0.15, -0.1) is 0 Å². The molecule has 3 aliphatic rings. The van der Waals surface area contributed by atoms with Gasteiger partial charge in [-0.3, -0.25) is 9.88 Å². The average Bonchev–Trinajstić information content (AvgIpc) is 2.83. The minimum Gasteiger partial charge on any atom is -0.333 e. The molecule has 2 bridgehead atoms. The fourth-order valence-electron chi connectivity index (χ4n) is 4.96. The Morgan fingerprint density at radius 2 is 1.81 bits per heavy atom. The third kappa shape index (κ3) is 4.97. The van der Waals surface area contributed by atoms with Crippen LogP contribution in [0.2, 0.25) is 0 Å². The zero-order valence-corrected chi connectivity index (χ0v) is 18.8. The van der Waals surface area contributed by atoms with Gasteiger partial charge in [-0.25, -0.2) is 4.79 Å². The first kappa shape index (κ1) is 21.0. The number of rotatable bonds is 6. The van der Waals surface area contributed by atoms with Crippen LogP contribution in [-0.2, 0) is 6.42 Å². The van der Waals surface area contributed by atoms with E-state index in [1.165, 1.54) is 10.5 Å². The summed E-state index contributed by atoms with van der Waals surface area (Å²) in [7, 11) is 0. The predicted molar refractivity (Wildman–Crippen MR) is 129 cm³/mol. The summed E-state index contributed by atoms with van der Waals surface area (Å²) in [6.45, 7) is 2.24. The fourth-order valence-corrected chi connectivity index (χ4v) is 5.86. The van der Waals surface area contributed by atoms with Crippen LogP contribution in [0.25, 0.3) is 0 Å². The number of hydrogen-bond acceptors (Lipinski definition) is 4. The van der Waals surface area contributed by atoms with Crippen molar-refractivity contribution in [2.75, 3.05) is 18.4 Å². The molecular weight excluding hydrogens is 416 g/mol. The van der Waals surface area contributed by atoms with E-state index in [9.17, 15) is 4.79 Å². The summed E-state index contributed by atoms with van der Waals surface area (Å²) < 4.78 is 0. The van der Waals surface area contributed by atoms with Crippen LogP contribution in [0.4, 0.5) is 10.5 Å². The number of pyridine rings is 1. The Labute approximate surface area is 193 Å². The van der Waals surface area contributed by atoms with Crippen LogP contribution in [0.1, 0.15) is 18.4 Å². The molecule has 2 aromatic carbocycles. The lowest BCUT2D eigenvalue weighted by Crippen LogP contribution is -2.64. The summed E-state index contributed by atoms with van der Waals surface area (Å²) in [6, 6.07) is 22.8. The molecule has 0 unspecified atom stereocenters. The van der Waals surface area contributed by atoms with Crippen LogP contribution >= 0.6 is 11.8 Å². The number of nitrogens with one attached hydrogen (secondary N) is 2. The molecule has 3 aliphatic heterocycles. The topological polar surface area (TPSA) is 57.3 Å². The van der Waals surface area contributed by atoms with Gasteiger partial charge in [0.1, 0.15) is 0 Å². The Morgan fingerprint density at radius 3 is 2.59 bits per heavy atom. The number of carbonyl (C=O) groups excluding carboxylic acids is 1. The molecule has 3 aromatic rings. The van der Waals surface area contributed by atoms with E-state index in [1.807, 2.05) is 54.9 Å². The van der Waals surface area contributed by atoms with Crippen molar-refractivity contribution in [1.29, 1.82) is 0 Å². The molecule has 6 heteroatoms. The smallest absolute Gasteiger partial charge is 0.319 e. The number of anilines is 1. The summed E-state index contributed by atoms with van der Waals surface area (Å²) in [6.07, 6.45) is 6.97. The van der Waals surface area contributed by atoms with E-state index in [0.29, 0.717) is 12.0 Å². The van der Waals surface area contributed by atoms with E-state index in [1.54, 1.807) is 11.8 Å². The first-order chi connectivity index (χ1) is 15.7. The molecule has 32 heavy (non-hydrogen) atoms. The Morgan fingerprint density at radius 1 is 1.00 bits per heavy atom. The van der Waals surface area contributed by atoms with E-state index in [-0.39, 0.29) is 12.1 Å². The van der Waals surface area contributed by atoms with Crippen molar-refractivity contribution in [3.05, 3.63) is 84.7 Å². The lowest BCUT2D eigenvalue weighted by molar-refractivity contribution is 0.0184. The van der Waals surface area contributed by atoms with E-state index in [0.717, 1.165) is 42.9 Å². The van der Waals surface area contributed by atoms with Crippen molar-refractivity contribution in [1.82, 2.24) is 15.2 Å². The van der Waals surface area contributed by atoms with Gasteiger partial charge in [0.2, 0.25) is 0 Å². The second-order valence-corrected chi connectivity index (χ2v) is 9.72. The van der Waals surface area contributed by atoms with Crippen LogP contribution in [0, 0.1) is 5.92 Å². The summed E-state index contributed by atoms with van der Waals surface area (Å²) >= 11 is 1.69. The zero-order valence-electron chi connectivity index (χ0n) is 18.0. The highest BCUT2D eigenvalue weighted by atomic mass is 32.2. The molecule has 0 radical (unpaired) electrons. The molecule has 2 amide bonds. The van der Waals surface area contributed by atoms with E-state index in [4.69, 9.17) is 0 Å². The molecule has 0 spiro atoms. The number of piperidine rings is 3. The van der Waals surface area contributed by atoms with Gasteiger partial charge in [-0.1, -0.05) is 42.1 Å². The van der Waals surface area contributed by atoms with Gasteiger partial charge in [0.25, 0.3) is 0 Å². The normalized spacial score (nSPS) is 24.1. The van der Waals surface area contributed by atoms with E-state index >= 15 is 0 Å². The third-order valence-corrected chi connectivity index (χ3v) is 7.50. The Bertz CT molecular complexity index is 1040. The first-order valence-electron chi connectivity index (χ1n) is 11.3. The SMILES string of the molecule is O=C(Nc1cccc(Sc2ccccc2)c1)N[C@H]1C2CCN(CC2)[C@@H]1Cc1cccnc1. The van der Waals surface area contributed by atoms with Crippen molar-refractivity contribution in [3.63, 3.8) is 0 Å². The maximum absolute atomic E-state index is 13.0. The molecule has 3 fully saturated rings. The number of urea groups is 1. The fraction of sp³-hybridized carbons (Fsp3) is 0.308. The average molecular weight is 445 g/mol. The van der Waals surface area contributed by atoms with Gasteiger partial charge >= 0.3 is 6.03 Å². The molecule has 2 N–H and O–H groups in total. The number of aromatic nitrogens is 1. The Kier molecular flexibility index (Phi) is 6.41. The number of amides is 2. The quantitative estimate of drug-likeness (QED) is 0.558. The van der Waals surface area contributed by atoms with Crippen LogP contribution in [0.5, 0.6) is 0 Å². The second kappa shape index (κ2) is 9.76. The highest BCUT2D eigenvalue weighted by Crippen LogP contribution is 2.34. The monoisotopic (exact) mass is 444 g/mol. The standard InChI is InChI=1S/C26H28N4OS/c31-26(28-21-7-4-10-23(17-21)32-22-8-2-1-3-9-22)29-25-20-11-14-30(15-12-20)24(25)16-19-6-5-13-27-18-19/h1-10,13,17-18,20,24-25H,11-12,14-16H2,(H2,28,29,31)/t24-,25+/m1/s1. The highest BCUT2D eigenvalue weighted by Gasteiger charge is 2.42. The van der Waals surface area contributed by atoms with Crippen molar-refractivity contribution in [2.24, 2.45) is 5.92 Å². The Balaban J connectivity index is 1.25. The molecule has 1 aromatic heterocycles. The number of fused-ring (bicyclic) bond motifs is 3. The number of nitrogens with zero attached hydrogens (tertiary/aromatic N) is 2. The molecule has 0 saturated carbocycles. The van der Waals surface area contributed by atoms with Crippen molar-refractivity contribution >= 4 is 23.5 Å².